The first kappa shape index (κ1) is 13.9. The molecule has 2 aliphatic rings. The van der Waals surface area contributed by atoms with Gasteiger partial charge in [0.1, 0.15) is 0 Å². The molecule has 2 fully saturated rings. The van der Waals surface area contributed by atoms with E-state index in [-0.39, 0.29) is 11.9 Å². The lowest BCUT2D eigenvalue weighted by molar-refractivity contribution is -0.149. The largest absolute Gasteiger partial charge is 0.466 e. The lowest BCUT2D eigenvalue weighted by Gasteiger charge is -2.32. The van der Waals surface area contributed by atoms with Gasteiger partial charge in [0.2, 0.25) is 0 Å². The van der Waals surface area contributed by atoms with Crippen LogP contribution in [0.1, 0.15) is 59.3 Å². The average Bonchev–Trinajstić information content (AvgIpc) is 3.10. The van der Waals surface area contributed by atoms with Crippen LogP contribution in [0.15, 0.2) is 0 Å². The predicted molar refractivity (Wildman–Crippen MR) is 72.3 cm³/mol. The molecule has 0 bridgehead atoms. The molecule has 0 heterocycles. The second kappa shape index (κ2) is 5.60. The Labute approximate surface area is 111 Å². The van der Waals surface area contributed by atoms with Crippen LogP contribution in [0.2, 0.25) is 0 Å². The minimum absolute atomic E-state index is 0.0122. The molecule has 0 aromatic rings. The van der Waals surface area contributed by atoms with Crippen LogP contribution in [0.25, 0.3) is 0 Å². The van der Waals surface area contributed by atoms with Crippen molar-refractivity contribution in [1.29, 1.82) is 0 Å². The number of hydrogen-bond acceptors (Lipinski definition) is 3. The third-order valence-corrected chi connectivity index (χ3v) is 4.92. The minimum Gasteiger partial charge on any atom is -0.466 e. The molecule has 0 saturated heterocycles. The molecule has 0 radical (unpaired) electrons. The smallest absolute Gasteiger partial charge is 0.308 e. The molecule has 3 heteroatoms. The van der Waals surface area contributed by atoms with Crippen molar-refractivity contribution >= 4 is 5.97 Å². The van der Waals surface area contributed by atoms with Gasteiger partial charge < -0.3 is 10.1 Å². The van der Waals surface area contributed by atoms with Crippen molar-refractivity contribution in [3.63, 3.8) is 0 Å². The molecule has 1 atom stereocenters. The summed E-state index contributed by atoms with van der Waals surface area (Å²) in [4.78, 5) is 11.7. The summed E-state index contributed by atoms with van der Waals surface area (Å²) in [7, 11) is 0. The summed E-state index contributed by atoms with van der Waals surface area (Å²) in [5, 5.41) is 3.76. The van der Waals surface area contributed by atoms with E-state index in [1.165, 1.54) is 12.8 Å². The molecule has 2 aliphatic carbocycles. The van der Waals surface area contributed by atoms with Gasteiger partial charge in [-0.2, -0.15) is 0 Å². The molecule has 2 rings (SSSR count). The second-order valence-corrected chi connectivity index (χ2v) is 6.34. The highest BCUT2D eigenvalue weighted by molar-refractivity contribution is 5.72. The molecular formula is C15H27NO2. The van der Waals surface area contributed by atoms with Crippen LogP contribution < -0.4 is 5.32 Å². The van der Waals surface area contributed by atoms with Crippen LogP contribution in [-0.2, 0) is 9.53 Å². The standard InChI is InChI=1S/C15H27NO2/c1-4-18-14(17)12-5-7-13(8-6-12)16-11(2)15(3)9-10-15/h11-13,16H,4-10H2,1-3H3. The number of nitrogens with one attached hydrogen (secondary N) is 1. The van der Waals surface area contributed by atoms with Crippen LogP contribution in [0.5, 0.6) is 0 Å². The SMILES string of the molecule is CCOC(=O)C1CCC(NC(C)C2(C)CC2)CC1. The van der Waals surface area contributed by atoms with E-state index >= 15 is 0 Å². The van der Waals surface area contributed by atoms with Gasteiger partial charge in [0.05, 0.1) is 12.5 Å². The molecule has 0 aliphatic heterocycles. The van der Waals surface area contributed by atoms with Crippen LogP contribution >= 0.6 is 0 Å². The van der Waals surface area contributed by atoms with E-state index in [1.54, 1.807) is 0 Å². The topological polar surface area (TPSA) is 38.3 Å². The average molecular weight is 253 g/mol. The van der Waals surface area contributed by atoms with E-state index in [9.17, 15) is 4.79 Å². The summed E-state index contributed by atoms with van der Waals surface area (Å²) in [5.41, 5.74) is 0.540. The molecular weight excluding hydrogens is 226 g/mol. The Hall–Kier alpha value is -0.570. The monoisotopic (exact) mass is 253 g/mol. The molecule has 1 N–H and O–H groups in total. The number of carbonyl (C=O) groups is 1. The van der Waals surface area contributed by atoms with E-state index < -0.39 is 0 Å². The minimum atomic E-state index is 0.0122. The zero-order valence-electron chi connectivity index (χ0n) is 12.0. The lowest BCUT2D eigenvalue weighted by atomic mass is 9.85. The summed E-state index contributed by atoms with van der Waals surface area (Å²) < 4.78 is 5.10. The Morgan fingerprint density at radius 3 is 2.44 bits per heavy atom. The van der Waals surface area contributed by atoms with Crippen LogP contribution in [-0.4, -0.2) is 24.7 Å². The molecule has 0 aromatic heterocycles. The Balaban J connectivity index is 1.71. The molecule has 0 spiro atoms. The number of ether oxygens (including phenoxy) is 1. The second-order valence-electron chi connectivity index (χ2n) is 6.34. The van der Waals surface area contributed by atoms with Crippen molar-refractivity contribution in [3.05, 3.63) is 0 Å². The number of rotatable bonds is 5. The summed E-state index contributed by atoms with van der Waals surface area (Å²) >= 11 is 0. The lowest BCUT2D eigenvalue weighted by Crippen LogP contribution is -2.43. The van der Waals surface area contributed by atoms with Crippen molar-refractivity contribution in [1.82, 2.24) is 5.32 Å². The van der Waals surface area contributed by atoms with Gasteiger partial charge >= 0.3 is 5.97 Å². The van der Waals surface area contributed by atoms with Gasteiger partial charge in [0.25, 0.3) is 0 Å². The Morgan fingerprint density at radius 2 is 1.94 bits per heavy atom. The zero-order valence-corrected chi connectivity index (χ0v) is 12.0. The number of hydrogen-bond donors (Lipinski definition) is 1. The van der Waals surface area contributed by atoms with Gasteiger partial charge in [-0.05, 0) is 57.8 Å². The fraction of sp³-hybridized carbons (Fsp3) is 0.933. The first-order chi connectivity index (χ1) is 8.55. The van der Waals surface area contributed by atoms with Crippen molar-refractivity contribution in [2.24, 2.45) is 11.3 Å². The summed E-state index contributed by atoms with van der Waals surface area (Å²) in [6.07, 6.45) is 6.92. The first-order valence-electron chi connectivity index (χ1n) is 7.48. The van der Waals surface area contributed by atoms with Crippen molar-refractivity contribution in [2.45, 2.75) is 71.4 Å². The third-order valence-electron chi connectivity index (χ3n) is 4.92. The maximum atomic E-state index is 11.7. The molecule has 0 amide bonds. The quantitative estimate of drug-likeness (QED) is 0.766. The van der Waals surface area contributed by atoms with Crippen molar-refractivity contribution in [2.75, 3.05) is 6.61 Å². The van der Waals surface area contributed by atoms with Crippen molar-refractivity contribution < 1.29 is 9.53 Å². The van der Waals surface area contributed by atoms with Crippen LogP contribution in [0.4, 0.5) is 0 Å². The van der Waals surface area contributed by atoms with E-state index in [0.29, 0.717) is 24.1 Å². The van der Waals surface area contributed by atoms with Gasteiger partial charge in [-0.15, -0.1) is 0 Å². The normalized spacial score (nSPS) is 31.7. The zero-order chi connectivity index (χ0) is 13.2. The maximum absolute atomic E-state index is 11.7. The summed E-state index contributed by atoms with van der Waals surface area (Å²) in [6.45, 7) is 7.06. The number of esters is 1. The maximum Gasteiger partial charge on any atom is 0.308 e. The van der Waals surface area contributed by atoms with E-state index in [2.05, 4.69) is 19.2 Å². The molecule has 3 nitrogen and oxygen atoms in total. The molecule has 18 heavy (non-hydrogen) atoms. The molecule has 2 saturated carbocycles. The van der Waals surface area contributed by atoms with Gasteiger partial charge in [-0.1, -0.05) is 6.92 Å². The molecule has 0 aromatic carbocycles. The fourth-order valence-corrected chi connectivity index (χ4v) is 2.94. The fourth-order valence-electron chi connectivity index (χ4n) is 2.94. The highest BCUT2D eigenvalue weighted by Crippen LogP contribution is 2.48. The van der Waals surface area contributed by atoms with Gasteiger partial charge in [0, 0.05) is 12.1 Å². The number of carbonyl (C=O) groups excluding carboxylic acids is 1. The van der Waals surface area contributed by atoms with E-state index in [1.807, 2.05) is 6.92 Å². The molecule has 1 unspecified atom stereocenters. The predicted octanol–water partition coefficient (Wildman–Crippen LogP) is 2.89. The summed E-state index contributed by atoms with van der Waals surface area (Å²) in [6, 6.07) is 1.21. The van der Waals surface area contributed by atoms with Crippen LogP contribution in [0.3, 0.4) is 0 Å². The highest BCUT2D eigenvalue weighted by atomic mass is 16.5. The summed E-state index contributed by atoms with van der Waals surface area (Å²) in [5.74, 6) is 0.160. The first-order valence-corrected chi connectivity index (χ1v) is 7.48. The van der Waals surface area contributed by atoms with Crippen molar-refractivity contribution in [3.8, 4) is 0 Å². The van der Waals surface area contributed by atoms with E-state index in [0.717, 1.165) is 25.7 Å². The third kappa shape index (κ3) is 3.25. The molecule has 104 valence electrons. The van der Waals surface area contributed by atoms with Gasteiger partial charge in [-0.25, -0.2) is 0 Å². The van der Waals surface area contributed by atoms with E-state index in [4.69, 9.17) is 4.74 Å². The van der Waals surface area contributed by atoms with Crippen LogP contribution in [0, 0.1) is 11.3 Å². The Bertz CT molecular complexity index is 291. The Morgan fingerprint density at radius 1 is 1.33 bits per heavy atom. The van der Waals surface area contributed by atoms with Gasteiger partial charge in [-0.3, -0.25) is 4.79 Å². The highest BCUT2D eigenvalue weighted by Gasteiger charge is 2.43. The Kier molecular flexibility index (Phi) is 4.31. The van der Waals surface area contributed by atoms with Gasteiger partial charge in [0.15, 0.2) is 0 Å².